The summed E-state index contributed by atoms with van der Waals surface area (Å²) in [6.45, 7) is 1.24. The van der Waals surface area contributed by atoms with Crippen molar-refractivity contribution in [3.05, 3.63) is 47.9 Å². The number of anilines is 1. The topological polar surface area (TPSA) is 81.7 Å². The highest BCUT2D eigenvalue weighted by Crippen LogP contribution is 2.18. The summed E-state index contributed by atoms with van der Waals surface area (Å²) in [7, 11) is 1.86. The number of nitrogens with one attached hydrogen (secondary N) is 1. The number of hydrogen-bond acceptors (Lipinski definition) is 5. The summed E-state index contributed by atoms with van der Waals surface area (Å²) in [5.41, 5.74) is 8.76. The van der Waals surface area contributed by atoms with Gasteiger partial charge in [0.1, 0.15) is 12.1 Å². The molecule has 0 aliphatic carbocycles. The predicted molar refractivity (Wildman–Crippen MR) is 78.0 cm³/mol. The lowest BCUT2D eigenvalue weighted by Crippen LogP contribution is -2.04. The monoisotopic (exact) mass is 268 g/mol. The largest absolute Gasteiger partial charge is 0.365 e. The van der Waals surface area contributed by atoms with Gasteiger partial charge in [-0.2, -0.15) is 5.10 Å². The van der Waals surface area contributed by atoms with E-state index in [-0.39, 0.29) is 0 Å². The molecule has 2 aromatic heterocycles. The van der Waals surface area contributed by atoms with Crippen LogP contribution in [0, 0.1) is 0 Å². The van der Waals surface area contributed by atoms with E-state index in [1.54, 1.807) is 17.2 Å². The first-order valence-corrected chi connectivity index (χ1v) is 6.42. The van der Waals surface area contributed by atoms with E-state index in [0.29, 0.717) is 13.1 Å². The summed E-state index contributed by atoms with van der Waals surface area (Å²) in [5, 5.41) is 8.44. The van der Waals surface area contributed by atoms with Gasteiger partial charge in [-0.05, 0) is 11.1 Å². The molecule has 0 aliphatic rings. The van der Waals surface area contributed by atoms with Crippen molar-refractivity contribution in [1.82, 2.24) is 19.7 Å². The van der Waals surface area contributed by atoms with Crippen LogP contribution in [0.5, 0.6) is 0 Å². The Labute approximate surface area is 116 Å². The fraction of sp³-hybridized carbons (Fsp3) is 0.214. The molecular weight excluding hydrogens is 252 g/mol. The number of nitrogens with two attached hydrogens (primary N) is 1. The van der Waals surface area contributed by atoms with Gasteiger partial charge in [0, 0.05) is 20.1 Å². The average Bonchev–Trinajstić information content (AvgIpc) is 2.88. The Morgan fingerprint density at radius 1 is 1.25 bits per heavy atom. The van der Waals surface area contributed by atoms with Crippen molar-refractivity contribution < 1.29 is 0 Å². The van der Waals surface area contributed by atoms with Gasteiger partial charge >= 0.3 is 0 Å². The van der Waals surface area contributed by atoms with Gasteiger partial charge in [-0.15, -0.1) is 0 Å². The molecule has 3 aromatic rings. The molecular formula is C14H16N6. The first-order chi connectivity index (χ1) is 9.78. The van der Waals surface area contributed by atoms with Crippen molar-refractivity contribution in [3.8, 4) is 0 Å². The van der Waals surface area contributed by atoms with Gasteiger partial charge < -0.3 is 11.1 Å². The highest BCUT2D eigenvalue weighted by atomic mass is 15.3. The molecule has 0 radical (unpaired) electrons. The first kappa shape index (κ1) is 12.6. The third-order valence-corrected chi connectivity index (χ3v) is 3.22. The summed E-state index contributed by atoms with van der Waals surface area (Å²) in [4.78, 5) is 8.49. The molecule has 0 saturated heterocycles. The second kappa shape index (κ2) is 5.26. The zero-order valence-corrected chi connectivity index (χ0v) is 11.2. The minimum absolute atomic E-state index is 0.550. The van der Waals surface area contributed by atoms with E-state index < -0.39 is 0 Å². The number of aromatic nitrogens is 4. The highest BCUT2D eigenvalue weighted by Gasteiger charge is 2.07. The smallest absolute Gasteiger partial charge is 0.163 e. The van der Waals surface area contributed by atoms with Gasteiger partial charge in [0.15, 0.2) is 5.65 Å². The van der Waals surface area contributed by atoms with Crippen LogP contribution in [0.2, 0.25) is 0 Å². The fourth-order valence-electron chi connectivity index (χ4n) is 2.16. The molecule has 0 atom stereocenters. The minimum Gasteiger partial charge on any atom is -0.365 e. The maximum Gasteiger partial charge on any atom is 0.163 e. The maximum atomic E-state index is 5.65. The summed E-state index contributed by atoms with van der Waals surface area (Å²) in [6.07, 6.45) is 3.32. The Hall–Kier alpha value is -2.47. The number of nitrogens with zero attached hydrogens (tertiary/aromatic N) is 4. The van der Waals surface area contributed by atoms with Crippen LogP contribution in [-0.2, 0) is 20.1 Å². The zero-order chi connectivity index (χ0) is 13.9. The van der Waals surface area contributed by atoms with Crippen LogP contribution in [0.3, 0.4) is 0 Å². The maximum absolute atomic E-state index is 5.65. The van der Waals surface area contributed by atoms with Gasteiger partial charge in [0.25, 0.3) is 0 Å². The highest BCUT2D eigenvalue weighted by molar-refractivity contribution is 5.85. The molecule has 3 N–H and O–H groups in total. The zero-order valence-electron chi connectivity index (χ0n) is 11.2. The molecule has 0 fully saturated rings. The molecule has 0 saturated carbocycles. The van der Waals surface area contributed by atoms with Crippen LogP contribution >= 0.6 is 0 Å². The van der Waals surface area contributed by atoms with Crippen molar-refractivity contribution in [2.45, 2.75) is 13.1 Å². The second-order valence-corrected chi connectivity index (χ2v) is 4.61. The summed E-state index contributed by atoms with van der Waals surface area (Å²) >= 11 is 0. The van der Waals surface area contributed by atoms with Gasteiger partial charge in [-0.25, -0.2) is 9.97 Å². The van der Waals surface area contributed by atoms with Crippen molar-refractivity contribution in [2.75, 3.05) is 5.32 Å². The Morgan fingerprint density at radius 3 is 2.95 bits per heavy atom. The number of rotatable bonds is 4. The summed E-state index contributed by atoms with van der Waals surface area (Å²) in [6, 6.07) is 8.19. The summed E-state index contributed by atoms with van der Waals surface area (Å²) < 4.78 is 1.73. The van der Waals surface area contributed by atoms with E-state index in [1.165, 1.54) is 5.56 Å². The standard InChI is InChI=1S/C14H16N6/c1-20-14-12(8-19-20)13(17-9-18-14)16-7-11-4-2-3-10(5-11)6-15/h2-5,8-9H,6-7,15H2,1H3,(H,16,17,18). The number of fused-ring (bicyclic) bond motifs is 1. The van der Waals surface area contributed by atoms with Crippen LogP contribution in [-0.4, -0.2) is 19.7 Å². The molecule has 1 aromatic carbocycles. The van der Waals surface area contributed by atoms with Gasteiger partial charge in [-0.3, -0.25) is 4.68 Å². The number of aryl methyl sites for hydroxylation is 1. The Kier molecular flexibility index (Phi) is 3.30. The minimum atomic E-state index is 0.550. The molecule has 6 heteroatoms. The van der Waals surface area contributed by atoms with Crippen LogP contribution in [0.1, 0.15) is 11.1 Å². The lowest BCUT2D eigenvalue weighted by molar-refractivity contribution is 0.785. The molecule has 102 valence electrons. The molecule has 3 rings (SSSR count). The van der Waals surface area contributed by atoms with E-state index in [9.17, 15) is 0 Å². The Morgan fingerprint density at radius 2 is 2.10 bits per heavy atom. The molecule has 0 bridgehead atoms. The molecule has 0 amide bonds. The Balaban J connectivity index is 1.83. The van der Waals surface area contributed by atoms with E-state index in [0.717, 1.165) is 22.4 Å². The number of benzene rings is 1. The second-order valence-electron chi connectivity index (χ2n) is 4.61. The molecule has 2 heterocycles. The van der Waals surface area contributed by atoms with Crippen molar-refractivity contribution in [1.29, 1.82) is 0 Å². The predicted octanol–water partition coefficient (Wildman–Crippen LogP) is 1.43. The van der Waals surface area contributed by atoms with Gasteiger partial charge in [0.05, 0.1) is 11.6 Å². The molecule has 6 nitrogen and oxygen atoms in total. The van der Waals surface area contributed by atoms with Crippen molar-refractivity contribution in [3.63, 3.8) is 0 Å². The molecule has 0 unspecified atom stereocenters. The van der Waals surface area contributed by atoms with Crippen LogP contribution in [0.15, 0.2) is 36.8 Å². The van der Waals surface area contributed by atoms with E-state index in [2.05, 4.69) is 32.5 Å². The fourth-order valence-corrected chi connectivity index (χ4v) is 2.16. The van der Waals surface area contributed by atoms with Crippen LogP contribution in [0.4, 0.5) is 5.82 Å². The lowest BCUT2D eigenvalue weighted by atomic mass is 10.1. The van der Waals surface area contributed by atoms with Crippen LogP contribution in [0.25, 0.3) is 11.0 Å². The first-order valence-electron chi connectivity index (χ1n) is 6.42. The van der Waals surface area contributed by atoms with Crippen molar-refractivity contribution >= 4 is 16.9 Å². The Bertz CT molecular complexity index is 733. The van der Waals surface area contributed by atoms with E-state index >= 15 is 0 Å². The van der Waals surface area contributed by atoms with Crippen molar-refractivity contribution in [2.24, 2.45) is 12.8 Å². The quantitative estimate of drug-likeness (QED) is 0.748. The third-order valence-electron chi connectivity index (χ3n) is 3.22. The van der Waals surface area contributed by atoms with Crippen LogP contribution < -0.4 is 11.1 Å². The average molecular weight is 268 g/mol. The van der Waals surface area contributed by atoms with E-state index in [1.807, 2.05) is 19.2 Å². The SMILES string of the molecule is Cn1ncc2c(NCc3cccc(CN)c3)ncnc21. The molecule has 0 aliphatic heterocycles. The third kappa shape index (κ3) is 2.33. The number of hydrogen-bond donors (Lipinski definition) is 2. The molecule has 20 heavy (non-hydrogen) atoms. The van der Waals surface area contributed by atoms with E-state index in [4.69, 9.17) is 5.73 Å². The lowest BCUT2D eigenvalue weighted by Gasteiger charge is -2.07. The molecule has 0 spiro atoms. The van der Waals surface area contributed by atoms with Gasteiger partial charge in [-0.1, -0.05) is 24.3 Å². The van der Waals surface area contributed by atoms with Gasteiger partial charge in [0.2, 0.25) is 0 Å². The summed E-state index contributed by atoms with van der Waals surface area (Å²) in [5.74, 6) is 0.793. The normalized spacial score (nSPS) is 10.9.